The molecule has 3 heterocycles. The summed E-state index contributed by atoms with van der Waals surface area (Å²) >= 11 is 0. The van der Waals surface area contributed by atoms with E-state index in [9.17, 15) is 4.79 Å². The minimum Gasteiger partial charge on any atom is -0.497 e. The summed E-state index contributed by atoms with van der Waals surface area (Å²) in [7, 11) is 1.56. The molecule has 118 valence electrons. The summed E-state index contributed by atoms with van der Waals surface area (Å²) in [6.45, 7) is 0. The van der Waals surface area contributed by atoms with Crippen LogP contribution in [0.15, 0.2) is 55.0 Å². The summed E-state index contributed by atoms with van der Waals surface area (Å²) in [6, 6.07) is 10.6. The zero-order valence-electron chi connectivity index (χ0n) is 12.8. The first-order valence-electron chi connectivity index (χ1n) is 7.33. The highest BCUT2D eigenvalue weighted by atomic mass is 16.5. The van der Waals surface area contributed by atoms with Crippen molar-refractivity contribution in [3.05, 3.63) is 60.6 Å². The van der Waals surface area contributed by atoms with Gasteiger partial charge in [-0.25, -0.2) is 4.79 Å². The molecule has 3 aromatic heterocycles. The Hall–Kier alpha value is -3.41. The molecule has 1 aromatic carbocycles. The second-order valence-electron chi connectivity index (χ2n) is 5.19. The van der Waals surface area contributed by atoms with Gasteiger partial charge >= 0.3 is 5.97 Å². The molecule has 0 saturated carbocycles. The lowest BCUT2D eigenvalue weighted by Gasteiger charge is -2.06. The Morgan fingerprint density at radius 2 is 2.00 bits per heavy atom. The lowest BCUT2D eigenvalue weighted by molar-refractivity contribution is 0.0736. The number of esters is 1. The van der Waals surface area contributed by atoms with Gasteiger partial charge in [-0.1, -0.05) is 6.07 Å². The summed E-state index contributed by atoms with van der Waals surface area (Å²) in [5.74, 6) is 0.572. The molecule has 0 aliphatic heterocycles. The van der Waals surface area contributed by atoms with Gasteiger partial charge in [0.2, 0.25) is 0 Å². The molecule has 0 aliphatic carbocycles. The zero-order chi connectivity index (χ0) is 16.5. The zero-order valence-corrected chi connectivity index (χ0v) is 12.8. The predicted molar refractivity (Wildman–Crippen MR) is 89.3 cm³/mol. The van der Waals surface area contributed by atoms with E-state index >= 15 is 0 Å². The van der Waals surface area contributed by atoms with Gasteiger partial charge in [0.15, 0.2) is 0 Å². The van der Waals surface area contributed by atoms with Gasteiger partial charge in [0.05, 0.1) is 35.4 Å². The third kappa shape index (κ3) is 2.34. The van der Waals surface area contributed by atoms with Crippen LogP contribution in [-0.2, 0) is 0 Å². The number of nitrogens with zero attached hydrogens (tertiary/aromatic N) is 2. The molecule has 0 radical (unpaired) electrons. The number of aromatic amines is 1. The molecule has 0 spiro atoms. The van der Waals surface area contributed by atoms with Crippen LogP contribution in [0.1, 0.15) is 10.4 Å². The van der Waals surface area contributed by atoms with Crippen LogP contribution in [0.5, 0.6) is 11.5 Å². The van der Waals surface area contributed by atoms with Gasteiger partial charge in [0.1, 0.15) is 11.5 Å². The van der Waals surface area contributed by atoms with Crippen LogP contribution in [0.25, 0.3) is 21.9 Å². The smallest absolute Gasteiger partial charge is 0.345 e. The number of H-pyrrole nitrogens is 1. The highest BCUT2D eigenvalue weighted by Gasteiger charge is 2.18. The van der Waals surface area contributed by atoms with Gasteiger partial charge in [-0.2, -0.15) is 0 Å². The van der Waals surface area contributed by atoms with Gasteiger partial charge in [-0.05, 0) is 24.3 Å². The first-order chi connectivity index (χ1) is 11.8. The molecule has 6 heteroatoms. The van der Waals surface area contributed by atoms with E-state index < -0.39 is 5.97 Å². The van der Waals surface area contributed by atoms with E-state index in [0.717, 1.165) is 11.0 Å². The molecule has 4 rings (SSSR count). The van der Waals surface area contributed by atoms with Crippen molar-refractivity contribution in [1.82, 2.24) is 15.0 Å². The first kappa shape index (κ1) is 14.2. The van der Waals surface area contributed by atoms with Crippen molar-refractivity contribution in [2.45, 2.75) is 0 Å². The maximum atomic E-state index is 12.6. The topological polar surface area (TPSA) is 77.1 Å². The van der Waals surface area contributed by atoms with Crippen molar-refractivity contribution < 1.29 is 14.3 Å². The Balaban J connectivity index is 1.78. The number of hydrogen-bond acceptors (Lipinski definition) is 5. The average Bonchev–Trinajstić information content (AvgIpc) is 3.06. The number of methoxy groups -OCH3 is 1. The third-order valence-electron chi connectivity index (χ3n) is 3.74. The van der Waals surface area contributed by atoms with Crippen LogP contribution < -0.4 is 9.47 Å². The Kier molecular flexibility index (Phi) is 3.35. The summed E-state index contributed by atoms with van der Waals surface area (Å²) in [5, 5.41) is 0.702. The molecule has 1 N–H and O–H groups in total. The van der Waals surface area contributed by atoms with E-state index in [0.29, 0.717) is 28.0 Å². The minimum absolute atomic E-state index is 0.416. The number of rotatable bonds is 3. The van der Waals surface area contributed by atoms with Crippen molar-refractivity contribution in [2.75, 3.05) is 7.11 Å². The standard InChI is InChI=1S/C18H13N3O3/c1-23-11-4-2-5-12(8-11)24-18(22)13-9-20-15-10-21-14-6-3-7-19-17(14)16(13)15/h2-10,20H,1H3. The highest BCUT2D eigenvalue weighted by Crippen LogP contribution is 2.26. The summed E-state index contributed by atoms with van der Waals surface area (Å²) in [5.41, 5.74) is 2.53. The Labute approximate surface area is 137 Å². The normalized spacial score (nSPS) is 10.9. The quantitative estimate of drug-likeness (QED) is 0.463. The van der Waals surface area contributed by atoms with E-state index in [1.807, 2.05) is 12.1 Å². The van der Waals surface area contributed by atoms with Crippen LogP contribution in [-0.4, -0.2) is 28.0 Å². The first-order valence-corrected chi connectivity index (χ1v) is 7.33. The number of pyridine rings is 2. The lowest BCUT2D eigenvalue weighted by atomic mass is 10.1. The van der Waals surface area contributed by atoms with Crippen LogP contribution in [0.3, 0.4) is 0 Å². The van der Waals surface area contributed by atoms with Gasteiger partial charge < -0.3 is 14.5 Å². The number of benzene rings is 1. The Bertz CT molecular complexity index is 1060. The maximum Gasteiger partial charge on any atom is 0.345 e. The number of ether oxygens (including phenoxy) is 2. The fourth-order valence-electron chi connectivity index (χ4n) is 2.61. The summed E-state index contributed by atoms with van der Waals surface area (Å²) < 4.78 is 10.6. The van der Waals surface area contributed by atoms with Crippen molar-refractivity contribution in [2.24, 2.45) is 0 Å². The van der Waals surface area contributed by atoms with Crippen molar-refractivity contribution in [3.8, 4) is 11.5 Å². The molecule has 4 aromatic rings. The number of aromatic nitrogens is 3. The van der Waals surface area contributed by atoms with Crippen LogP contribution >= 0.6 is 0 Å². The van der Waals surface area contributed by atoms with Gasteiger partial charge in [-0.15, -0.1) is 0 Å². The summed E-state index contributed by atoms with van der Waals surface area (Å²) in [6.07, 6.45) is 4.97. The van der Waals surface area contributed by atoms with Crippen LogP contribution in [0, 0.1) is 0 Å². The maximum absolute atomic E-state index is 12.6. The Morgan fingerprint density at radius 3 is 2.88 bits per heavy atom. The molecular formula is C18H13N3O3. The molecule has 6 nitrogen and oxygen atoms in total. The van der Waals surface area contributed by atoms with Gasteiger partial charge in [0.25, 0.3) is 0 Å². The van der Waals surface area contributed by atoms with Crippen LogP contribution in [0.4, 0.5) is 0 Å². The minimum atomic E-state index is -0.465. The number of nitrogens with one attached hydrogen (secondary N) is 1. The third-order valence-corrected chi connectivity index (χ3v) is 3.74. The lowest BCUT2D eigenvalue weighted by Crippen LogP contribution is -2.08. The van der Waals surface area contributed by atoms with Crippen LogP contribution in [0.2, 0.25) is 0 Å². The molecule has 0 aliphatic rings. The van der Waals surface area contributed by atoms with E-state index in [1.54, 1.807) is 50.0 Å². The predicted octanol–water partition coefficient (Wildman–Crippen LogP) is 3.34. The van der Waals surface area contributed by atoms with E-state index in [2.05, 4.69) is 15.0 Å². The van der Waals surface area contributed by atoms with Crippen molar-refractivity contribution in [1.29, 1.82) is 0 Å². The van der Waals surface area contributed by atoms with Crippen molar-refractivity contribution in [3.63, 3.8) is 0 Å². The second-order valence-corrected chi connectivity index (χ2v) is 5.19. The molecule has 0 bridgehead atoms. The molecule has 0 unspecified atom stereocenters. The number of carbonyl (C=O) groups is 1. The number of hydrogen-bond donors (Lipinski definition) is 1. The van der Waals surface area contributed by atoms with Crippen molar-refractivity contribution >= 4 is 27.9 Å². The average molecular weight is 319 g/mol. The van der Waals surface area contributed by atoms with Gasteiger partial charge in [0, 0.05) is 23.8 Å². The number of fused-ring (bicyclic) bond motifs is 3. The van der Waals surface area contributed by atoms with E-state index in [4.69, 9.17) is 9.47 Å². The molecule has 0 saturated heterocycles. The SMILES string of the molecule is COc1cccc(OC(=O)c2c[nH]c3cnc4cccnc4c23)c1. The monoisotopic (exact) mass is 319 g/mol. The fourth-order valence-corrected chi connectivity index (χ4v) is 2.61. The molecule has 24 heavy (non-hydrogen) atoms. The summed E-state index contributed by atoms with van der Waals surface area (Å²) in [4.78, 5) is 24.3. The largest absolute Gasteiger partial charge is 0.497 e. The molecule has 0 amide bonds. The highest BCUT2D eigenvalue weighted by molar-refractivity contribution is 6.13. The molecular weight excluding hydrogens is 306 g/mol. The second kappa shape index (κ2) is 5.66. The van der Waals surface area contributed by atoms with Gasteiger partial charge in [-0.3, -0.25) is 9.97 Å². The molecule has 0 atom stereocenters. The fraction of sp³-hybridized carbons (Fsp3) is 0.0556. The van der Waals surface area contributed by atoms with E-state index in [-0.39, 0.29) is 0 Å². The van der Waals surface area contributed by atoms with E-state index in [1.165, 1.54) is 0 Å². The molecule has 0 fully saturated rings. The Morgan fingerprint density at radius 1 is 1.12 bits per heavy atom. The number of carbonyl (C=O) groups excluding carboxylic acids is 1.